The Morgan fingerprint density at radius 3 is 2.88 bits per heavy atom. The van der Waals surface area contributed by atoms with Gasteiger partial charge in [-0.2, -0.15) is 5.21 Å². The van der Waals surface area contributed by atoms with E-state index >= 15 is 0 Å². The molecule has 0 saturated carbocycles. The standard InChI is InChI=1S/C8H14N6O3/c1-5(2-3-7(15)16)10-8(17)9-4-6-11-13-14-12-6/h5H,2-4H2,1H3,(H,15,16)(H2,9,10,17)(H,11,12,13,14). The summed E-state index contributed by atoms with van der Waals surface area (Å²) in [6.45, 7) is 1.89. The van der Waals surface area contributed by atoms with Gasteiger partial charge in [-0.05, 0) is 13.3 Å². The normalized spacial score (nSPS) is 11.8. The minimum Gasteiger partial charge on any atom is -0.481 e. The first kappa shape index (κ1) is 12.9. The molecule has 0 aliphatic heterocycles. The molecule has 1 atom stereocenters. The van der Waals surface area contributed by atoms with E-state index in [9.17, 15) is 9.59 Å². The molecule has 0 saturated heterocycles. The van der Waals surface area contributed by atoms with Crippen molar-refractivity contribution in [1.82, 2.24) is 31.3 Å². The summed E-state index contributed by atoms with van der Waals surface area (Å²) in [5, 5.41) is 26.5. The Morgan fingerprint density at radius 2 is 2.29 bits per heavy atom. The number of H-pyrrole nitrogens is 1. The molecule has 9 heteroatoms. The van der Waals surface area contributed by atoms with Gasteiger partial charge in [0.1, 0.15) is 0 Å². The maximum Gasteiger partial charge on any atom is 0.315 e. The van der Waals surface area contributed by atoms with Crippen molar-refractivity contribution in [2.45, 2.75) is 32.4 Å². The third-order valence-corrected chi connectivity index (χ3v) is 1.96. The van der Waals surface area contributed by atoms with Crippen LogP contribution in [0.4, 0.5) is 4.79 Å². The van der Waals surface area contributed by atoms with Gasteiger partial charge in [0.25, 0.3) is 0 Å². The lowest BCUT2D eigenvalue weighted by atomic mass is 10.2. The van der Waals surface area contributed by atoms with Crippen LogP contribution in [0.3, 0.4) is 0 Å². The van der Waals surface area contributed by atoms with E-state index in [1.807, 2.05) is 0 Å². The van der Waals surface area contributed by atoms with Crippen molar-refractivity contribution in [3.8, 4) is 0 Å². The highest BCUT2D eigenvalue weighted by molar-refractivity contribution is 5.74. The Labute approximate surface area is 97.0 Å². The van der Waals surface area contributed by atoms with Crippen LogP contribution in [0.1, 0.15) is 25.6 Å². The summed E-state index contributed by atoms with van der Waals surface area (Å²) in [6, 6.07) is -0.607. The number of carbonyl (C=O) groups excluding carboxylic acids is 1. The number of aromatic amines is 1. The van der Waals surface area contributed by atoms with Crippen LogP contribution in [0.15, 0.2) is 0 Å². The largest absolute Gasteiger partial charge is 0.481 e. The van der Waals surface area contributed by atoms with Gasteiger partial charge in [0.2, 0.25) is 0 Å². The van der Waals surface area contributed by atoms with E-state index in [-0.39, 0.29) is 19.0 Å². The zero-order valence-corrected chi connectivity index (χ0v) is 9.30. The molecule has 0 aromatic carbocycles. The number of hydrogen-bond acceptors (Lipinski definition) is 5. The van der Waals surface area contributed by atoms with E-state index in [0.717, 1.165) is 0 Å². The van der Waals surface area contributed by atoms with Gasteiger partial charge in [0, 0.05) is 12.5 Å². The molecule has 1 rings (SSSR count). The first-order chi connectivity index (χ1) is 8.08. The molecular weight excluding hydrogens is 228 g/mol. The quantitative estimate of drug-likeness (QED) is 0.519. The first-order valence-corrected chi connectivity index (χ1v) is 5.06. The maximum absolute atomic E-state index is 11.3. The number of carboxylic acids is 1. The Kier molecular flexibility index (Phi) is 4.85. The van der Waals surface area contributed by atoms with Crippen LogP contribution >= 0.6 is 0 Å². The molecular formula is C8H14N6O3. The summed E-state index contributed by atoms with van der Waals surface area (Å²) in [6.07, 6.45) is 0.400. The van der Waals surface area contributed by atoms with Crippen LogP contribution in [0.5, 0.6) is 0 Å². The molecule has 0 spiro atoms. The zero-order valence-electron chi connectivity index (χ0n) is 9.30. The minimum atomic E-state index is -0.883. The molecule has 0 radical (unpaired) electrons. The first-order valence-electron chi connectivity index (χ1n) is 5.06. The average Bonchev–Trinajstić information content (AvgIpc) is 2.76. The number of urea groups is 1. The second-order valence-electron chi connectivity index (χ2n) is 3.49. The Balaban J connectivity index is 2.18. The van der Waals surface area contributed by atoms with Gasteiger partial charge in [-0.25, -0.2) is 4.79 Å². The van der Waals surface area contributed by atoms with Crippen molar-refractivity contribution in [2.75, 3.05) is 0 Å². The Bertz CT molecular complexity index is 365. The highest BCUT2D eigenvalue weighted by Gasteiger charge is 2.09. The third-order valence-electron chi connectivity index (χ3n) is 1.96. The van der Waals surface area contributed by atoms with Gasteiger partial charge in [-0.3, -0.25) is 4.79 Å². The maximum atomic E-state index is 11.3. The molecule has 1 aromatic rings. The lowest BCUT2D eigenvalue weighted by molar-refractivity contribution is -0.137. The second-order valence-corrected chi connectivity index (χ2v) is 3.49. The van der Waals surface area contributed by atoms with E-state index in [4.69, 9.17) is 5.11 Å². The van der Waals surface area contributed by atoms with Crippen molar-refractivity contribution >= 4 is 12.0 Å². The molecule has 94 valence electrons. The third kappa shape index (κ3) is 5.44. The van der Waals surface area contributed by atoms with E-state index in [1.165, 1.54) is 0 Å². The lowest BCUT2D eigenvalue weighted by Crippen LogP contribution is -2.40. The van der Waals surface area contributed by atoms with Gasteiger partial charge >= 0.3 is 12.0 Å². The number of nitrogens with one attached hydrogen (secondary N) is 3. The number of aliphatic carboxylic acids is 1. The summed E-state index contributed by atoms with van der Waals surface area (Å²) >= 11 is 0. The van der Waals surface area contributed by atoms with Crippen molar-refractivity contribution in [2.24, 2.45) is 0 Å². The van der Waals surface area contributed by atoms with Crippen LogP contribution in [0.2, 0.25) is 0 Å². The minimum absolute atomic E-state index is 0.0201. The van der Waals surface area contributed by atoms with Gasteiger partial charge in [-0.15, -0.1) is 10.2 Å². The van der Waals surface area contributed by atoms with Crippen molar-refractivity contribution in [1.29, 1.82) is 0 Å². The molecule has 17 heavy (non-hydrogen) atoms. The number of nitrogens with zero attached hydrogens (tertiary/aromatic N) is 3. The fourth-order valence-electron chi connectivity index (χ4n) is 1.10. The van der Waals surface area contributed by atoms with Gasteiger partial charge in [0.05, 0.1) is 6.54 Å². The van der Waals surface area contributed by atoms with Crippen LogP contribution in [-0.2, 0) is 11.3 Å². The molecule has 4 N–H and O–H groups in total. The lowest BCUT2D eigenvalue weighted by Gasteiger charge is -2.12. The van der Waals surface area contributed by atoms with Gasteiger partial charge < -0.3 is 15.7 Å². The monoisotopic (exact) mass is 242 g/mol. The van der Waals surface area contributed by atoms with Crippen LogP contribution in [0.25, 0.3) is 0 Å². The predicted octanol–water partition coefficient (Wildman–Crippen LogP) is -0.748. The summed E-state index contributed by atoms with van der Waals surface area (Å²) in [5.74, 6) is -0.510. The second kappa shape index (κ2) is 6.40. The fourth-order valence-corrected chi connectivity index (χ4v) is 1.10. The van der Waals surface area contributed by atoms with E-state index in [2.05, 4.69) is 31.3 Å². The van der Waals surface area contributed by atoms with Crippen molar-refractivity contribution in [3.05, 3.63) is 5.82 Å². The summed E-state index contributed by atoms with van der Waals surface area (Å²) in [7, 11) is 0. The summed E-state index contributed by atoms with van der Waals surface area (Å²) < 4.78 is 0. The highest BCUT2D eigenvalue weighted by Crippen LogP contribution is 1.95. The molecule has 1 aromatic heterocycles. The smallest absolute Gasteiger partial charge is 0.315 e. The number of carbonyl (C=O) groups is 2. The van der Waals surface area contributed by atoms with E-state index in [1.54, 1.807) is 6.92 Å². The zero-order chi connectivity index (χ0) is 12.7. The molecule has 0 fully saturated rings. The Hall–Kier alpha value is -2.19. The average molecular weight is 242 g/mol. The molecule has 1 heterocycles. The van der Waals surface area contributed by atoms with Crippen molar-refractivity contribution in [3.63, 3.8) is 0 Å². The molecule has 0 bridgehead atoms. The summed E-state index contributed by atoms with van der Waals surface area (Å²) in [5.41, 5.74) is 0. The SMILES string of the molecule is CC(CCC(=O)O)NC(=O)NCc1nn[nH]n1. The van der Waals surface area contributed by atoms with E-state index < -0.39 is 12.0 Å². The summed E-state index contributed by atoms with van der Waals surface area (Å²) in [4.78, 5) is 21.7. The molecule has 9 nitrogen and oxygen atoms in total. The number of amides is 2. The molecule has 2 amide bonds. The van der Waals surface area contributed by atoms with Gasteiger partial charge in [-0.1, -0.05) is 5.21 Å². The van der Waals surface area contributed by atoms with Crippen LogP contribution < -0.4 is 10.6 Å². The number of hydrogen-bond donors (Lipinski definition) is 4. The van der Waals surface area contributed by atoms with Crippen LogP contribution in [0, 0.1) is 0 Å². The van der Waals surface area contributed by atoms with E-state index in [0.29, 0.717) is 12.2 Å². The molecule has 0 aliphatic carbocycles. The number of carboxylic acid groups (broad SMARTS) is 1. The number of rotatable bonds is 6. The van der Waals surface area contributed by atoms with Gasteiger partial charge in [0.15, 0.2) is 5.82 Å². The fraction of sp³-hybridized carbons (Fsp3) is 0.625. The predicted molar refractivity (Wildman–Crippen MR) is 55.9 cm³/mol. The highest BCUT2D eigenvalue weighted by atomic mass is 16.4. The van der Waals surface area contributed by atoms with Crippen molar-refractivity contribution < 1.29 is 14.7 Å². The number of aromatic nitrogens is 4. The molecule has 1 unspecified atom stereocenters. The number of tetrazole rings is 1. The molecule has 0 aliphatic rings. The van der Waals surface area contributed by atoms with Crippen LogP contribution in [-0.4, -0.2) is 43.8 Å². The topological polar surface area (TPSA) is 133 Å². The Morgan fingerprint density at radius 1 is 1.53 bits per heavy atom.